The highest BCUT2D eigenvalue weighted by molar-refractivity contribution is 5.31. The van der Waals surface area contributed by atoms with Crippen LogP contribution in [0, 0.1) is 5.92 Å². The van der Waals surface area contributed by atoms with Crippen molar-refractivity contribution in [2.75, 3.05) is 26.2 Å². The number of rotatable bonds is 8. The fraction of sp³-hybridized carbons (Fsp3) is 0.667. The van der Waals surface area contributed by atoms with E-state index in [9.17, 15) is 17.6 Å². The van der Waals surface area contributed by atoms with Gasteiger partial charge in [-0.2, -0.15) is 17.6 Å². The van der Waals surface area contributed by atoms with Gasteiger partial charge in [-0.05, 0) is 36.5 Å². The van der Waals surface area contributed by atoms with Crippen LogP contribution in [0.2, 0.25) is 0 Å². The Bertz CT molecular complexity index is 534. The molecule has 1 aliphatic rings. The normalized spacial score (nSPS) is 17.9. The summed E-state index contributed by atoms with van der Waals surface area (Å²) in [6.07, 6.45) is -6.47. The van der Waals surface area contributed by atoms with Gasteiger partial charge in [0.15, 0.2) is 0 Å². The van der Waals surface area contributed by atoms with Crippen molar-refractivity contribution in [3.05, 3.63) is 29.8 Å². The molecule has 0 unspecified atom stereocenters. The first-order valence-electron chi connectivity index (χ1n) is 8.69. The molecule has 1 saturated heterocycles. The number of alkyl halides is 4. The minimum atomic E-state index is -4.49. The zero-order valence-corrected chi connectivity index (χ0v) is 14.7. The molecule has 0 aliphatic carbocycles. The maximum absolute atomic E-state index is 13.2. The summed E-state index contributed by atoms with van der Waals surface area (Å²) in [5, 5.41) is 3.29. The lowest BCUT2D eigenvalue weighted by molar-refractivity contribution is -0.253. The average molecular weight is 362 g/mol. The molecule has 2 rings (SSSR count). The zero-order chi connectivity index (χ0) is 18.4. The van der Waals surface area contributed by atoms with Crippen molar-refractivity contribution in [3.63, 3.8) is 0 Å². The lowest BCUT2D eigenvalue weighted by Crippen LogP contribution is -2.45. The Morgan fingerprint density at radius 1 is 1.16 bits per heavy atom. The van der Waals surface area contributed by atoms with Gasteiger partial charge in [0.1, 0.15) is 5.75 Å². The van der Waals surface area contributed by atoms with E-state index in [1.165, 1.54) is 12.1 Å². The number of nitrogens with zero attached hydrogens (tertiary/aromatic N) is 1. The zero-order valence-electron chi connectivity index (χ0n) is 14.7. The standard InChI is InChI=1S/C18H26F4N2O/c1-13(2)6-7-16(24-10-8-23-9-11-24)14-4-3-5-15(12-14)25-18(21,22)17(19)20/h3-5,12-13,16-17,23H,6-11H2,1-2H3/t16-/m1/s1. The van der Waals surface area contributed by atoms with Crippen molar-refractivity contribution >= 4 is 0 Å². The van der Waals surface area contributed by atoms with Gasteiger partial charge in [-0.25, -0.2) is 0 Å². The van der Waals surface area contributed by atoms with Crippen LogP contribution in [0.1, 0.15) is 38.3 Å². The molecule has 0 saturated carbocycles. The van der Waals surface area contributed by atoms with Crippen molar-refractivity contribution < 1.29 is 22.3 Å². The molecule has 1 N–H and O–H groups in total. The van der Waals surface area contributed by atoms with Gasteiger partial charge < -0.3 is 10.1 Å². The molecule has 1 fully saturated rings. The highest BCUT2D eigenvalue weighted by Gasteiger charge is 2.44. The highest BCUT2D eigenvalue weighted by atomic mass is 19.3. The third-order valence-corrected chi connectivity index (χ3v) is 4.36. The van der Waals surface area contributed by atoms with Gasteiger partial charge >= 0.3 is 12.5 Å². The van der Waals surface area contributed by atoms with Gasteiger partial charge in [0.2, 0.25) is 0 Å². The lowest BCUT2D eigenvalue weighted by Gasteiger charge is -2.36. The second-order valence-corrected chi connectivity index (χ2v) is 6.81. The van der Waals surface area contributed by atoms with E-state index >= 15 is 0 Å². The molecular formula is C18H26F4N2O. The number of benzene rings is 1. The van der Waals surface area contributed by atoms with E-state index in [0.717, 1.165) is 44.6 Å². The molecule has 25 heavy (non-hydrogen) atoms. The molecule has 0 radical (unpaired) electrons. The summed E-state index contributed by atoms with van der Waals surface area (Å²) in [4.78, 5) is 2.31. The van der Waals surface area contributed by atoms with Crippen LogP contribution in [0.3, 0.4) is 0 Å². The first-order chi connectivity index (χ1) is 11.8. The second kappa shape index (κ2) is 8.85. The van der Waals surface area contributed by atoms with Gasteiger partial charge in [0.05, 0.1) is 0 Å². The summed E-state index contributed by atoms with van der Waals surface area (Å²) in [7, 11) is 0. The Labute approximate surface area is 146 Å². The first kappa shape index (κ1) is 20.0. The predicted molar refractivity (Wildman–Crippen MR) is 89.3 cm³/mol. The molecule has 7 heteroatoms. The van der Waals surface area contributed by atoms with Gasteiger partial charge in [-0.1, -0.05) is 26.0 Å². The van der Waals surface area contributed by atoms with Gasteiger partial charge in [0, 0.05) is 32.2 Å². The summed E-state index contributed by atoms with van der Waals surface area (Å²) >= 11 is 0. The number of nitrogens with one attached hydrogen (secondary N) is 1. The van der Waals surface area contributed by atoms with E-state index in [0.29, 0.717) is 5.92 Å². The van der Waals surface area contributed by atoms with E-state index in [1.807, 2.05) is 6.07 Å². The van der Waals surface area contributed by atoms with Crippen molar-refractivity contribution in [2.45, 2.75) is 45.3 Å². The molecule has 1 aromatic carbocycles. The van der Waals surface area contributed by atoms with Crippen LogP contribution in [-0.2, 0) is 0 Å². The van der Waals surface area contributed by atoms with Crippen LogP contribution >= 0.6 is 0 Å². The summed E-state index contributed by atoms with van der Waals surface area (Å²) in [6.45, 7) is 7.74. The summed E-state index contributed by atoms with van der Waals surface area (Å²) in [5.41, 5.74) is 0.824. The van der Waals surface area contributed by atoms with E-state index < -0.39 is 12.5 Å². The Morgan fingerprint density at radius 2 is 1.84 bits per heavy atom. The van der Waals surface area contributed by atoms with Crippen molar-refractivity contribution in [2.24, 2.45) is 5.92 Å². The molecule has 142 valence electrons. The van der Waals surface area contributed by atoms with E-state index in [1.54, 1.807) is 6.07 Å². The molecule has 1 heterocycles. The molecule has 0 amide bonds. The fourth-order valence-electron chi connectivity index (χ4n) is 3.03. The summed E-state index contributed by atoms with van der Waals surface area (Å²) < 4.78 is 55.4. The lowest BCUT2D eigenvalue weighted by atomic mass is 9.95. The molecule has 1 aliphatic heterocycles. The highest BCUT2D eigenvalue weighted by Crippen LogP contribution is 2.32. The molecule has 1 atom stereocenters. The first-order valence-corrected chi connectivity index (χ1v) is 8.69. The topological polar surface area (TPSA) is 24.5 Å². The fourth-order valence-corrected chi connectivity index (χ4v) is 3.03. The van der Waals surface area contributed by atoms with Crippen LogP contribution in [-0.4, -0.2) is 43.6 Å². The minimum absolute atomic E-state index is 0.0632. The van der Waals surface area contributed by atoms with Crippen LogP contribution in [0.4, 0.5) is 17.6 Å². The van der Waals surface area contributed by atoms with Crippen LogP contribution in [0.15, 0.2) is 24.3 Å². The Kier molecular flexibility index (Phi) is 7.07. The van der Waals surface area contributed by atoms with Crippen LogP contribution < -0.4 is 10.1 Å². The quantitative estimate of drug-likeness (QED) is 0.698. The van der Waals surface area contributed by atoms with E-state index in [-0.39, 0.29) is 11.8 Å². The summed E-state index contributed by atoms with van der Waals surface area (Å²) in [6, 6.07) is 6.24. The van der Waals surface area contributed by atoms with E-state index in [2.05, 4.69) is 28.8 Å². The maximum atomic E-state index is 13.2. The molecule has 3 nitrogen and oxygen atoms in total. The number of hydrogen-bond acceptors (Lipinski definition) is 3. The largest absolute Gasteiger partial charge is 0.461 e. The predicted octanol–water partition coefficient (Wildman–Crippen LogP) is 4.31. The monoisotopic (exact) mass is 362 g/mol. The van der Waals surface area contributed by atoms with Crippen molar-refractivity contribution in [1.82, 2.24) is 10.2 Å². The Hall–Kier alpha value is -1.34. The van der Waals surface area contributed by atoms with Crippen molar-refractivity contribution in [1.29, 1.82) is 0 Å². The van der Waals surface area contributed by atoms with Crippen LogP contribution in [0.25, 0.3) is 0 Å². The second-order valence-electron chi connectivity index (χ2n) is 6.81. The van der Waals surface area contributed by atoms with Crippen molar-refractivity contribution in [3.8, 4) is 5.75 Å². The minimum Gasteiger partial charge on any atom is -0.428 e. The number of hydrogen-bond donors (Lipinski definition) is 1. The molecular weight excluding hydrogens is 336 g/mol. The summed E-state index contributed by atoms with van der Waals surface area (Å²) in [5.74, 6) is 0.292. The number of halogens is 4. The SMILES string of the molecule is CC(C)CC[C@H](c1cccc(OC(F)(F)C(F)F)c1)N1CCNCC1. The van der Waals surface area contributed by atoms with E-state index in [4.69, 9.17) is 0 Å². The molecule has 0 aromatic heterocycles. The Balaban J connectivity index is 2.19. The number of piperazine rings is 1. The Morgan fingerprint density at radius 3 is 2.44 bits per heavy atom. The third-order valence-electron chi connectivity index (χ3n) is 4.36. The smallest absolute Gasteiger partial charge is 0.428 e. The molecule has 0 bridgehead atoms. The van der Waals surface area contributed by atoms with Gasteiger partial charge in [-0.15, -0.1) is 0 Å². The van der Waals surface area contributed by atoms with Gasteiger partial charge in [-0.3, -0.25) is 4.90 Å². The molecule has 1 aromatic rings. The van der Waals surface area contributed by atoms with Gasteiger partial charge in [0.25, 0.3) is 0 Å². The maximum Gasteiger partial charge on any atom is 0.461 e. The number of ether oxygens (including phenoxy) is 1. The average Bonchev–Trinajstić information content (AvgIpc) is 2.55. The molecule has 0 spiro atoms. The van der Waals surface area contributed by atoms with Crippen LogP contribution in [0.5, 0.6) is 5.75 Å². The third kappa shape index (κ3) is 5.85.